The smallest absolute Gasteiger partial charge is 0.303 e. The minimum atomic E-state index is -0.704. The lowest BCUT2D eigenvalue weighted by Crippen LogP contribution is -1.91. The van der Waals surface area contributed by atoms with Crippen molar-refractivity contribution in [1.82, 2.24) is 0 Å². The summed E-state index contributed by atoms with van der Waals surface area (Å²) in [4.78, 5) is 10.3. The molecule has 0 aliphatic heterocycles. The highest BCUT2D eigenvalue weighted by Crippen LogP contribution is 2.12. The summed E-state index contributed by atoms with van der Waals surface area (Å²) >= 11 is 0. The van der Waals surface area contributed by atoms with Gasteiger partial charge in [0.05, 0.1) is 0 Å². The van der Waals surface area contributed by atoms with E-state index in [0.717, 1.165) is 6.42 Å². The van der Waals surface area contributed by atoms with Gasteiger partial charge in [0.15, 0.2) is 0 Å². The highest BCUT2D eigenvalue weighted by molar-refractivity contribution is 5.66. The SMILES string of the molecule is CCCCCCCCCCCCC/C=C/CCC(=O)O. The molecular weight excluding hydrogens is 248 g/mol. The van der Waals surface area contributed by atoms with E-state index in [-0.39, 0.29) is 6.42 Å². The molecule has 0 saturated carbocycles. The van der Waals surface area contributed by atoms with Crippen molar-refractivity contribution in [3.8, 4) is 0 Å². The second-order valence-corrected chi connectivity index (χ2v) is 5.73. The van der Waals surface area contributed by atoms with E-state index in [9.17, 15) is 4.79 Å². The number of rotatable bonds is 15. The van der Waals surface area contributed by atoms with Crippen LogP contribution in [0.2, 0.25) is 0 Å². The molecule has 1 N–H and O–H groups in total. The number of allylic oxidation sites excluding steroid dienone is 2. The monoisotopic (exact) mass is 282 g/mol. The molecule has 0 spiro atoms. The molecule has 0 bridgehead atoms. The highest BCUT2D eigenvalue weighted by atomic mass is 16.4. The van der Waals surface area contributed by atoms with Crippen molar-refractivity contribution in [1.29, 1.82) is 0 Å². The molecule has 0 radical (unpaired) electrons. The molecule has 0 amide bonds. The molecule has 0 rings (SSSR count). The van der Waals surface area contributed by atoms with Crippen LogP contribution in [0.15, 0.2) is 12.2 Å². The Hall–Kier alpha value is -0.790. The second-order valence-electron chi connectivity index (χ2n) is 5.73. The number of hydrogen-bond donors (Lipinski definition) is 1. The minimum absolute atomic E-state index is 0.259. The number of unbranched alkanes of at least 4 members (excludes halogenated alkanes) is 11. The zero-order valence-corrected chi connectivity index (χ0v) is 13.4. The van der Waals surface area contributed by atoms with E-state index in [0.29, 0.717) is 6.42 Å². The zero-order valence-electron chi connectivity index (χ0n) is 13.4. The van der Waals surface area contributed by atoms with Gasteiger partial charge in [-0.05, 0) is 19.3 Å². The highest BCUT2D eigenvalue weighted by Gasteiger charge is 1.93. The van der Waals surface area contributed by atoms with Crippen LogP contribution in [0.3, 0.4) is 0 Å². The van der Waals surface area contributed by atoms with Gasteiger partial charge >= 0.3 is 5.97 Å². The minimum Gasteiger partial charge on any atom is -0.481 e. The van der Waals surface area contributed by atoms with Crippen LogP contribution in [0.1, 0.15) is 96.8 Å². The summed E-state index contributed by atoms with van der Waals surface area (Å²) < 4.78 is 0. The summed E-state index contributed by atoms with van der Waals surface area (Å²) in [5, 5.41) is 8.48. The standard InChI is InChI=1S/C18H34O2/c1-2-3-4-5-6-7-8-9-10-11-12-13-14-15-16-17-18(19)20/h14-15H,2-13,16-17H2,1H3,(H,19,20)/b15-14+. The predicted octanol–water partition coefficient (Wildman–Crippen LogP) is 6.11. The molecule has 0 unspecified atom stereocenters. The van der Waals surface area contributed by atoms with Gasteiger partial charge in [-0.2, -0.15) is 0 Å². The van der Waals surface area contributed by atoms with Crippen LogP contribution in [-0.4, -0.2) is 11.1 Å². The first-order valence-electron chi connectivity index (χ1n) is 8.64. The predicted molar refractivity (Wildman–Crippen MR) is 87.1 cm³/mol. The third-order valence-electron chi connectivity index (χ3n) is 3.67. The molecule has 20 heavy (non-hydrogen) atoms. The molecule has 2 heteroatoms. The number of carboxylic acid groups (broad SMARTS) is 1. The molecule has 0 aromatic rings. The molecule has 0 atom stereocenters. The van der Waals surface area contributed by atoms with Gasteiger partial charge < -0.3 is 5.11 Å². The lowest BCUT2D eigenvalue weighted by molar-refractivity contribution is -0.136. The topological polar surface area (TPSA) is 37.3 Å². The Bertz CT molecular complexity index is 234. The van der Waals surface area contributed by atoms with Crippen LogP contribution >= 0.6 is 0 Å². The van der Waals surface area contributed by atoms with E-state index in [1.165, 1.54) is 70.6 Å². The maximum Gasteiger partial charge on any atom is 0.303 e. The van der Waals surface area contributed by atoms with E-state index in [1.54, 1.807) is 0 Å². The van der Waals surface area contributed by atoms with Crippen molar-refractivity contribution in [2.45, 2.75) is 96.8 Å². The summed E-state index contributed by atoms with van der Waals surface area (Å²) in [5.41, 5.74) is 0. The maximum atomic E-state index is 10.3. The Morgan fingerprint density at radius 1 is 0.750 bits per heavy atom. The van der Waals surface area contributed by atoms with Gasteiger partial charge in [-0.3, -0.25) is 4.79 Å². The molecule has 0 aliphatic rings. The second kappa shape index (κ2) is 16.3. The lowest BCUT2D eigenvalue weighted by atomic mass is 10.1. The van der Waals surface area contributed by atoms with E-state index >= 15 is 0 Å². The van der Waals surface area contributed by atoms with Crippen LogP contribution in [0.5, 0.6) is 0 Å². The molecule has 2 nitrogen and oxygen atoms in total. The van der Waals surface area contributed by atoms with Crippen LogP contribution in [0.4, 0.5) is 0 Å². The molecule has 0 saturated heterocycles. The normalized spacial score (nSPS) is 11.2. The van der Waals surface area contributed by atoms with Gasteiger partial charge in [0.25, 0.3) is 0 Å². The molecule has 0 heterocycles. The maximum absolute atomic E-state index is 10.3. The molecular formula is C18H34O2. The first-order valence-corrected chi connectivity index (χ1v) is 8.64. The zero-order chi connectivity index (χ0) is 14.9. The summed E-state index contributed by atoms with van der Waals surface area (Å²) in [6.45, 7) is 2.27. The number of carboxylic acids is 1. The molecule has 0 fully saturated rings. The Balaban J connectivity index is 3.04. The van der Waals surface area contributed by atoms with E-state index in [4.69, 9.17) is 5.11 Å². The average Bonchev–Trinajstić information content (AvgIpc) is 2.43. The summed E-state index contributed by atoms with van der Waals surface area (Å²) in [6.07, 6.45) is 21.3. The van der Waals surface area contributed by atoms with E-state index < -0.39 is 5.97 Å². The fraction of sp³-hybridized carbons (Fsp3) is 0.833. The largest absolute Gasteiger partial charge is 0.481 e. The van der Waals surface area contributed by atoms with E-state index in [1.807, 2.05) is 6.08 Å². The first kappa shape index (κ1) is 19.2. The lowest BCUT2D eigenvalue weighted by Gasteiger charge is -2.01. The first-order chi connectivity index (χ1) is 9.77. The fourth-order valence-corrected chi connectivity index (χ4v) is 2.37. The van der Waals surface area contributed by atoms with Crippen molar-refractivity contribution < 1.29 is 9.90 Å². The van der Waals surface area contributed by atoms with Crippen molar-refractivity contribution in [2.75, 3.05) is 0 Å². The van der Waals surface area contributed by atoms with Crippen LogP contribution in [0.25, 0.3) is 0 Å². The summed E-state index contributed by atoms with van der Waals surface area (Å²) in [5.74, 6) is -0.704. The Morgan fingerprint density at radius 3 is 1.70 bits per heavy atom. The number of hydrogen-bond acceptors (Lipinski definition) is 1. The molecule has 0 aromatic heterocycles. The van der Waals surface area contributed by atoms with Gasteiger partial charge in [-0.1, -0.05) is 83.3 Å². The Kier molecular flexibility index (Phi) is 15.6. The van der Waals surface area contributed by atoms with Crippen molar-refractivity contribution >= 4 is 5.97 Å². The van der Waals surface area contributed by atoms with Gasteiger partial charge in [0, 0.05) is 6.42 Å². The number of carbonyl (C=O) groups is 1. The number of aliphatic carboxylic acids is 1. The molecule has 0 aromatic carbocycles. The van der Waals surface area contributed by atoms with Gasteiger partial charge in [0.2, 0.25) is 0 Å². The molecule has 0 aliphatic carbocycles. The molecule has 118 valence electrons. The van der Waals surface area contributed by atoms with Gasteiger partial charge in [0.1, 0.15) is 0 Å². The Labute approximate surface area is 125 Å². The third kappa shape index (κ3) is 17.2. The van der Waals surface area contributed by atoms with Crippen molar-refractivity contribution in [3.05, 3.63) is 12.2 Å². The Morgan fingerprint density at radius 2 is 1.20 bits per heavy atom. The summed E-state index contributed by atoms with van der Waals surface area (Å²) in [7, 11) is 0. The van der Waals surface area contributed by atoms with Crippen molar-refractivity contribution in [3.63, 3.8) is 0 Å². The quantitative estimate of drug-likeness (QED) is 0.291. The fourth-order valence-electron chi connectivity index (χ4n) is 2.37. The van der Waals surface area contributed by atoms with Crippen molar-refractivity contribution in [2.24, 2.45) is 0 Å². The van der Waals surface area contributed by atoms with Crippen LogP contribution in [-0.2, 0) is 4.79 Å². The van der Waals surface area contributed by atoms with Crippen LogP contribution in [0, 0.1) is 0 Å². The summed E-state index contributed by atoms with van der Waals surface area (Å²) in [6, 6.07) is 0. The van der Waals surface area contributed by atoms with Gasteiger partial charge in [-0.15, -0.1) is 0 Å². The van der Waals surface area contributed by atoms with Gasteiger partial charge in [-0.25, -0.2) is 0 Å². The van der Waals surface area contributed by atoms with E-state index in [2.05, 4.69) is 13.0 Å². The third-order valence-corrected chi connectivity index (χ3v) is 3.67. The average molecular weight is 282 g/mol. The van der Waals surface area contributed by atoms with Crippen LogP contribution < -0.4 is 0 Å².